The van der Waals surface area contributed by atoms with E-state index < -0.39 is 5.97 Å². The number of carbonyl (C=O) groups is 1. The Kier molecular flexibility index (Phi) is 4.20. The molecule has 0 saturated carbocycles. The van der Waals surface area contributed by atoms with Crippen molar-refractivity contribution in [1.29, 1.82) is 0 Å². The van der Waals surface area contributed by atoms with Crippen molar-refractivity contribution < 1.29 is 9.90 Å². The zero-order valence-electron chi connectivity index (χ0n) is 9.68. The maximum atomic E-state index is 10.8. The standard InChI is InChI=1S/C14H9Cl2NO2/c15-11-7-5-9(8-12(11)16)4-6-10-2-1-3-13(17-10)14(18)19/h1-8H,(H,18,19). The zero-order valence-corrected chi connectivity index (χ0v) is 11.2. The zero-order chi connectivity index (χ0) is 13.8. The third-order valence-electron chi connectivity index (χ3n) is 2.38. The van der Waals surface area contributed by atoms with Crippen molar-refractivity contribution >= 4 is 41.3 Å². The van der Waals surface area contributed by atoms with E-state index >= 15 is 0 Å². The van der Waals surface area contributed by atoms with Crippen LogP contribution in [0.2, 0.25) is 10.0 Å². The predicted molar refractivity (Wildman–Crippen MR) is 76.6 cm³/mol. The summed E-state index contributed by atoms with van der Waals surface area (Å²) in [5.74, 6) is -1.05. The Hall–Kier alpha value is -1.84. The van der Waals surface area contributed by atoms with Gasteiger partial charge < -0.3 is 5.11 Å². The number of carboxylic acid groups (broad SMARTS) is 1. The summed E-state index contributed by atoms with van der Waals surface area (Å²) in [5, 5.41) is 9.80. The summed E-state index contributed by atoms with van der Waals surface area (Å²) in [6.45, 7) is 0. The summed E-state index contributed by atoms with van der Waals surface area (Å²) < 4.78 is 0. The molecule has 0 saturated heterocycles. The van der Waals surface area contributed by atoms with Crippen LogP contribution in [0.3, 0.4) is 0 Å². The topological polar surface area (TPSA) is 50.2 Å². The highest BCUT2D eigenvalue weighted by atomic mass is 35.5. The second kappa shape index (κ2) is 5.87. The summed E-state index contributed by atoms with van der Waals surface area (Å²) in [4.78, 5) is 14.8. The van der Waals surface area contributed by atoms with E-state index in [9.17, 15) is 4.79 Å². The van der Waals surface area contributed by atoms with Crippen LogP contribution >= 0.6 is 23.2 Å². The Morgan fingerprint density at radius 1 is 1.11 bits per heavy atom. The minimum Gasteiger partial charge on any atom is -0.477 e. The van der Waals surface area contributed by atoms with Gasteiger partial charge >= 0.3 is 5.97 Å². The van der Waals surface area contributed by atoms with Crippen molar-refractivity contribution in [1.82, 2.24) is 4.98 Å². The summed E-state index contributed by atoms with van der Waals surface area (Å²) >= 11 is 11.7. The molecule has 3 nitrogen and oxygen atoms in total. The van der Waals surface area contributed by atoms with Gasteiger partial charge in [0.15, 0.2) is 0 Å². The van der Waals surface area contributed by atoms with Gasteiger partial charge in [0, 0.05) is 0 Å². The van der Waals surface area contributed by atoms with Gasteiger partial charge in [-0.1, -0.05) is 41.4 Å². The van der Waals surface area contributed by atoms with E-state index in [-0.39, 0.29) is 5.69 Å². The molecule has 2 aromatic rings. The van der Waals surface area contributed by atoms with Crippen LogP contribution < -0.4 is 0 Å². The molecule has 0 fully saturated rings. The van der Waals surface area contributed by atoms with E-state index in [1.54, 1.807) is 36.4 Å². The second-order valence-electron chi connectivity index (χ2n) is 3.76. The molecule has 96 valence electrons. The van der Waals surface area contributed by atoms with Crippen LogP contribution in [0, 0.1) is 0 Å². The highest BCUT2D eigenvalue weighted by Gasteiger charge is 2.03. The Balaban J connectivity index is 2.24. The van der Waals surface area contributed by atoms with Gasteiger partial charge in [-0.25, -0.2) is 9.78 Å². The monoisotopic (exact) mass is 293 g/mol. The van der Waals surface area contributed by atoms with Gasteiger partial charge in [0.05, 0.1) is 15.7 Å². The number of benzene rings is 1. The first-order valence-electron chi connectivity index (χ1n) is 5.40. The van der Waals surface area contributed by atoms with E-state index in [0.717, 1.165) is 5.56 Å². The number of rotatable bonds is 3. The first-order valence-corrected chi connectivity index (χ1v) is 6.15. The van der Waals surface area contributed by atoms with Gasteiger partial charge in [-0.3, -0.25) is 0 Å². The van der Waals surface area contributed by atoms with E-state index in [1.807, 2.05) is 6.07 Å². The van der Waals surface area contributed by atoms with Crippen LogP contribution in [-0.4, -0.2) is 16.1 Å². The van der Waals surface area contributed by atoms with E-state index in [4.69, 9.17) is 28.3 Å². The van der Waals surface area contributed by atoms with Gasteiger partial charge in [0.2, 0.25) is 0 Å². The highest BCUT2D eigenvalue weighted by molar-refractivity contribution is 6.42. The molecular weight excluding hydrogens is 285 g/mol. The van der Waals surface area contributed by atoms with Crippen molar-refractivity contribution in [2.75, 3.05) is 0 Å². The number of hydrogen-bond acceptors (Lipinski definition) is 2. The summed E-state index contributed by atoms with van der Waals surface area (Å²) in [7, 11) is 0. The highest BCUT2D eigenvalue weighted by Crippen LogP contribution is 2.23. The number of pyridine rings is 1. The molecule has 0 aliphatic heterocycles. The Bertz CT molecular complexity index is 654. The SMILES string of the molecule is O=C(O)c1cccc(C=Cc2ccc(Cl)c(Cl)c2)n1. The van der Waals surface area contributed by atoms with Gasteiger partial charge in [0.1, 0.15) is 5.69 Å². The molecule has 1 aromatic carbocycles. The molecule has 0 aliphatic carbocycles. The molecule has 2 rings (SSSR count). The average Bonchev–Trinajstić information content (AvgIpc) is 2.40. The van der Waals surface area contributed by atoms with Gasteiger partial charge in [0.25, 0.3) is 0 Å². The number of nitrogens with zero attached hydrogens (tertiary/aromatic N) is 1. The average molecular weight is 294 g/mol. The first-order chi connectivity index (χ1) is 9.06. The van der Waals surface area contributed by atoms with Crippen LogP contribution in [0.5, 0.6) is 0 Å². The van der Waals surface area contributed by atoms with Crippen LogP contribution in [0.25, 0.3) is 12.2 Å². The summed E-state index contributed by atoms with van der Waals surface area (Å²) in [6.07, 6.45) is 3.50. The molecule has 0 spiro atoms. The lowest BCUT2D eigenvalue weighted by Gasteiger charge is -1.98. The molecule has 5 heteroatoms. The van der Waals surface area contributed by atoms with E-state index in [2.05, 4.69) is 4.98 Å². The molecule has 0 unspecified atom stereocenters. The minimum absolute atomic E-state index is 0.0105. The Morgan fingerprint density at radius 2 is 1.89 bits per heavy atom. The van der Waals surface area contributed by atoms with Crippen LogP contribution in [-0.2, 0) is 0 Å². The molecule has 0 atom stereocenters. The number of hydrogen-bond donors (Lipinski definition) is 1. The fourth-order valence-corrected chi connectivity index (χ4v) is 1.77. The Labute approximate surface area is 120 Å². The maximum Gasteiger partial charge on any atom is 0.354 e. The van der Waals surface area contributed by atoms with Crippen LogP contribution in [0.1, 0.15) is 21.7 Å². The summed E-state index contributed by atoms with van der Waals surface area (Å²) in [6, 6.07) is 10.0. The van der Waals surface area contributed by atoms with Crippen molar-refractivity contribution in [2.45, 2.75) is 0 Å². The van der Waals surface area contributed by atoms with Crippen molar-refractivity contribution in [2.24, 2.45) is 0 Å². The third kappa shape index (κ3) is 3.56. The van der Waals surface area contributed by atoms with Crippen molar-refractivity contribution in [3.8, 4) is 0 Å². The summed E-state index contributed by atoms with van der Waals surface area (Å²) in [5.41, 5.74) is 1.43. The van der Waals surface area contributed by atoms with E-state index in [1.165, 1.54) is 6.07 Å². The molecule has 19 heavy (non-hydrogen) atoms. The Morgan fingerprint density at radius 3 is 2.58 bits per heavy atom. The smallest absolute Gasteiger partial charge is 0.354 e. The normalized spacial score (nSPS) is 10.8. The predicted octanol–water partition coefficient (Wildman–Crippen LogP) is 4.26. The van der Waals surface area contributed by atoms with E-state index in [0.29, 0.717) is 15.7 Å². The fraction of sp³-hybridized carbons (Fsp3) is 0. The number of carboxylic acids is 1. The van der Waals surface area contributed by atoms with Gasteiger partial charge in [-0.2, -0.15) is 0 Å². The largest absolute Gasteiger partial charge is 0.477 e. The van der Waals surface area contributed by atoms with Gasteiger partial charge in [-0.15, -0.1) is 0 Å². The molecule has 0 radical (unpaired) electrons. The molecule has 1 aromatic heterocycles. The fourth-order valence-electron chi connectivity index (χ4n) is 1.46. The molecule has 0 bridgehead atoms. The lowest BCUT2D eigenvalue weighted by Crippen LogP contribution is -2.00. The quantitative estimate of drug-likeness (QED) is 0.920. The molecule has 1 heterocycles. The third-order valence-corrected chi connectivity index (χ3v) is 3.12. The lowest BCUT2D eigenvalue weighted by atomic mass is 10.2. The molecule has 1 N–H and O–H groups in total. The van der Waals surface area contributed by atoms with Crippen molar-refractivity contribution in [3.05, 3.63) is 63.4 Å². The lowest BCUT2D eigenvalue weighted by molar-refractivity contribution is 0.0690. The number of halogens is 2. The maximum absolute atomic E-state index is 10.8. The minimum atomic E-state index is -1.05. The molecular formula is C14H9Cl2NO2. The molecule has 0 aliphatic rings. The van der Waals surface area contributed by atoms with Crippen molar-refractivity contribution in [3.63, 3.8) is 0 Å². The second-order valence-corrected chi connectivity index (χ2v) is 4.57. The number of aromatic carboxylic acids is 1. The van der Waals surface area contributed by atoms with Crippen LogP contribution in [0.4, 0.5) is 0 Å². The number of aromatic nitrogens is 1. The van der Waals surface area contributed by atoms with Gasteiger partial charge in [-0.05, 0) is 35.9 Å². The molecule has 0 amide bonds. The van der Waals surface area contributed by atoms with Crippen LogP contribution in [0.15, 0.2) is 36.4 Å². The first kappa shape index (κ1) is 13.6.